The van der Waals surface area contributed by atoms with Crippen LogP contribution in [-0.4, -0.2) is 17.2 Å². The average Bonchev–Trinajstić information content (AvgIpc) is 2.17. The SMILES string of the molecule is COc1c(C(F)F)cnc(CO)c1Cl. The molecule has 78 valence electrons. The number of ether oxygens (including phenoxy) is 1. The maximum absolute atomic E-state index is 12.4. The van der Waals surface area contributed by atoms with Gasteiger partial charge in [-0.05, 0) is 0 Å². The predicted octanol–water partition coefficient (Wildman–Crippen LogP) is 2.17. The third kappa shape index (κ3) is 1.93. The van der Waals surface area contributed by atoms with Crippen LogP contribution in [0, 0.1) is 0 Å². The Morgan fingerprint density at radius 2 is 2.29 bits per heavy atom. The van der Waals surface area contributed by atoms with Crippen molar-refractivity contribution in [2.45, 2.75) is 13.0 Å². The number of hydrogen-bond acceptors (Lipinski definition) is 3. The van der Waals surface area contributed by atoms with Crippen LogP contribution in [0.3, 0.4) is 0 Å². The van der Waals surface area contributed by atoms with E-state index >= 15 is 0 Å². The summed E-state index contributed by atoms with van der Waals surface area (Å²) in [6, 6.07) is 0. The summed E-state index contributed by atoms with van der Waals surface area (Å²) in [5, 5.41) is 8.70. The number of halogens is 3. The second kappa shape index (κ2) is 4.52. The summed E-state index contributed by atoms with van der Waals surface area (Å²) in [7, 11) is 1.23. The number of pyridine rings is 1. The lowest BCUT2D eigenvalue weighted by Crippen LogP contribution is -1.99. The van der Waals surface area contributed by atoms with Crippen LogP contribution in [0.15, 0.2) is 6.20 Å². The molecule has 0 amide bonds. The molecule has 1 heterocycles. The topological polar surface area (TPSA) is 42.4 Å². The summed E-state index contributed by atoms with van der Waals surface area (Å²) in [6.45, 7) is -0.418. The molecule has 1 aromatic heterocycles. The Labute approximate surface area is 84.3 Å². The van der Waals surface area contributed by atoms with Gasteiger partial charge in [-0.1, -0.05) is 11.6 Å². The molecule has 14 heavy (non-hydrogen) atoms. The van der Waals surface area contributed by atoms with Gasteiger partial charge < -0.3 is 9.84 Å². The molecule has 0 fully saturated rings. The van der Waals surface area contributed by atoms with Gasteiger partial charge in [0.05, 0.1) is 25.0 Å². The van der Waals surface area contributed by atoms with Crippen LogP contribution in [0.1, 0.15) is 17.7 Å². The zero-order chi connectivity index (χ0) is 10.7. The molecular weight excluding hydrogens is 216 g/mol. The molecule has 1 N–H and O–H groups in total. The van der Waals surface area contributed by atoms with E-state index < -0.39 is 13.0 Å². The van der Waals surface area contributed by atoms with Crippen molar-refractivity contribution < 1.29 is 18.6 Å². The highest BCUT2D eigenvalue weighted by Gasteiger charge is 2.19. The van der Waals surface area contributed by atoms with E-state index in [9.17, 15) is 8.78 Å². The maximum Gasteiger partial charge on any atom is 0.268 e. The van der Waals surface area contributed by atoms with E-state index in [0.717, 1.165) is 6.20 Å². The highest BCUT2D eigenvalue weighted by Crippen LogP contribution is 2.35. The number of alkyl halides is 2. The molecule has 0 radical (unpaired) electrons. The summed E-state index contributed by atoms with van der Waals surface area (Å²) in [5.74, 6) is -0.138. The van der Waals surface area contributed by atoms with E-state index in [2.05, 4.69) is 4.98 Å². The molecule has 6 heteroatoms. The summed E-state index contributed by atoms with van der Waals surface area (Å²) >= 11 is 5.68. The number of hydrogen-bond donors (Lipinski definition) is 1. The smallest absolute Gasteiger partial charge is 0.268 e. The minimum absolute atomic E-state index is 0.0761. The summed E-state index contributed by atoms with van der Waals surface area (Å²) < 4.78 is 29.5. The monoisotopic (exact) mass is 223 g/mol. The van der Waals surface area contributed by atoms with E-state index in [0.29, 0.717) is 0 Å². The summed E-state index contributed by atoms with van der Waals surface area (Å²) in [4.78, 5) is 3.58. The fourth-order valence-corrected chi connectivity index (χ4v) is 1.29. The Balaban J connectivity index is 3.28. The van der Waals surface area contributed by atoms with Gasteiger partial charge in [0.1, 0.15) is 10.8 Å². The zero-order valence-corrected chi connectivity index (χ0v) is 8.05. The molecule has 0 aliphatic rings. The van der Waals surface area contributed by atoms with Crippen molar-refractivity contribution in [3.63, 3.8) is 0 Å². The van der Waals surface area contributed by atoms with E-state index in [1.54, 1.807) is 0 Å². The lowest BCUT2D eigenvalue weighted by atomic mass is 10.2. The maximum atomic E-state index is 12.4. The van der Waals surface area contributed by atoms with Crippen molar-refractivity contribution in [2.24, 2.45) is 0 Å². The quantitative estimate of drug-likeness (QED) is 0.854. The van der Waals surface area contributed by atoms with Crippen LogP contribution < -0.4 is 4.74 Å². The molecule has 0 aliphatic heterocycles. The highest BCUT2D eigenvalue weighted by atomic mass is 35.5. The first-order valence-corrected chi connectivity index (χ1v) is 4.09. The van der Waals surface area contributed by atoms with Crippen molar-refractivity contribution in [3.8, 4) is 5.75 Å². The minimum Gasteiger partial charge on any atom is -0.495 e. The van der Waals surface area contributed by atoms with Crippen molar-refractivity contribution in [2.75, 3.05) is 7.11 Å². The molecule has 0 aromatic carbocycles. The third-order valence-electron chi connectivity index (χ3n) is 1.66. The van der Waals surface area contributed by atoms with Crippen LogP contribution in [0.2, 0.25) is 5.02 Å². The fourth-order valence-electron chi connectivity index (χ4n) is 0.994. The largest absolute Gasteiger partial charge is 0.495 e. The molecule has 1 aromatic rings. The van der Waals surface area contributed by atoms with Gasteiger partial charge in [0.2, 0.25) is 0 Å². The van der Waals surface area contributed by atoms with Gasteiger partial charge in [-0.25, -0.2) is 8.78 Å². The highest BCUT2D eigenvalue weighted by molar-refractivity contribution is 6.32. The predicted molar refractivity (Wildman–Crippen MR) is 46.7 cm³/mol. The first-order valence-electron chi connectivity index (χ1n) is 3.72. The summed E-state index contributed by atoms with van der Waals surface area (Å²) in [6.07, 6.45) is -1.76. The number of aliphatic hydroxyl groups is 1. The van der Waals surface area contributed by atoms with Crippen LogP contribution in [0.4, 0.5) is 8.78 Å². The molecule has 0 aliphatic carbocycles. The average molecular weight is 224 g/mol. The van der Waals surface area contributed by atoms with Gasteiger partial charge in [0.15, 0.2) is 0 Å². The van der Waals surface area contributed by atoms with Crippen molar-refractivity contribution in [3.05, 3.63) is 22.5 Å². The second-order valence-electron chi connectivity index (χ2n) is 2.47. The molecule has 0 unspecified atom stereocenters. The summed E-state index contributed by atoms with van der Waals surface area (Å²) in [5.41, 5.74) is -0.261. The number of nitrogens with zero attached hydrogens (tertiary/aromatic N) is 1. The zero-order valence-electron chi connectivity index (χ0n) is 7.30. The number of methoxy groups -OCH3 is 1. The first-order chi connectivity index (χ1) is 6.61. The van der Waals surface area contributed by atoms with E-state index in [4.69, 9.17) is 21.4 Å². The van der Waals surface area contributed by atoms with Gasteiger partial charge in [0, 0.05) is 6.20 Å². The van der Waals surface area contributed by atoms with Gasteiger partial charge in [-0.15, -0.1) is 0 Å². The van der Waals surface area contributed by atoms with Gasteiger partial charge >= 0.3 is 0 Å². The Hall–Kier alpha value is -0.940. The van der Waals surface area contributed by atoms with Gasteiger partial charge in [-0.2, -0.15) is 0 Å². The molecule has 1 rings (SSSR count). The molecular formula is C8H8ClF2NO2. The molecule has 0 spiro atoms. The fraction of sp³-hybridized carbons (Fsp3) is 0.375. The number of aromatic nitrogens is 1. The Morgan fingerprint density at radius 3 is 2.71 bits per heavy atom. The number of rotatable bonds is 3. The minimum atomic E-state index is -2.71. The molecule has 3 nitrogen and oxygen atoms in total. The normalized spacial score (nSPS) is 10.7. The third-order valence-corrected chi connectivity index (χ3v) is 2.05. The molecule has 0 bridgehead atoms. The van der Waals surface area contributed by atoms with E-state index in [1.165, 1.54) is 7.11 Å². The van der Waals surface area contributed by atoms with Crippen molar-refractivity contribution >= 4 is 11.6 Å². The Kier molecular flexibility index (Phi) is 3.60. The second-order valence-corrected chi connectivity index (χ2v) is 2.84. The van der Waals surface area contributed by atoms with Gasteiger partial charge in [-0.3, -0.25) is 4.98 Å². The van der Waals surface area contributed by atoms with E-state index in [-0.39, 0.29) is 22.0 Å². The van der Waals surface area contributed by atoms with Crippen LogP contribution >= 0.6 is 11.6 Å². The van der Waals surface area contributed by atoms with Crippen molar-refractivity contribution in [1.29, 1.82) is 0 Å². The lowest BCUT2D eigenvalue weighted by molar-refractivity contribution is 0.146. The first kappa shape index (κ1) is 11.1. The standard InChI is InChI=1S/C8H8ClF2NO2/c1-14-7-4(8(10)11)2-12-5(3-13)6(7)9/h2,8,13H,3H2,1H3. The molecule has 0 saturated heterocycles. The Bertz CT molecular complexity index is 333. The number of aliphatic hydroxyl groups excluding tert-OH is 1. The lowest BCUT2D eigenvalue weighted by Gasteiger charge is -2.10. The van der Waals surface area contributed by atoms with Crippen LogP contribution in [0.5, 0.6) is 5.75 Å². The van der Waals surface area contributed by atoms with E-state index in [1.807, 2.05) is 0 Å². The van der Waals surface area contributed by atoms with Crippen LogP contribution in [-0.2, 0) is 6.61 Å². The Morgan fingerprint density at radius 1 is 1.64 bits per heavy atom. The molecule has 0 saturated carbocycles. The molecule has 0 atom stereocenters. The van der Waals surface area contributed by atoms with Crippen molar-refractivity contribution in [1.82, 2.24) is 4.98 Å². The van der Waals surface area contributed by atoms with Gasteiger partial charge in [0.25, 0.3) is 6.43 Å². The van der Waals surface area contributed by atoms with Crippen LogP contribution in [0.25, 0.3) is 0 Å².